The van der Waals surface area contributed by atoms with E-state index in [0.717, 1.165) is 17.5 Å². The molecule has 3 rings (SSSR count). The average Bonchev–Trinajstić information content (AvgIpc) is 2.58. The number of carbonyl (C=O) groups is 2. The highest BCUT2D eigenvalue weighted by Crippen LogP contribution is 2.32. The lowest BCUT2D eigenvalue weighted by atomic mass is 9.90. The molecule has 130 valence electrons. The summed E-state index contributed by atoms with van der Waals surface area (Å²) < 4.78 is 13.2. The van der Waals surface area contributed by atoms with Gasteiger partial charge in [-0.1, -0.05) is 35.9 Å². The number of fused-ring (bicyclic) bond motifs is 1. The first-order valence-electron chi connectivity index (χ1n) is 8.05. The molecule has 1 aliphatic rings. The van der Waals surface area contributed by atoms with E-state index in [1.807, 2.05) is 24.3 Å². The molecule has 6 heteroatoms. The monoisotopic (exact) mass is 360 g/mol. The number of anilines is 1. The molecular weight excluding hydrogens is 343 g/mol. The van der Waals surface area contributed by atoms with Crippen molar-refractivity contribution in [1.29, 1.82) is 0 Å². The van der Waals surface area contributed by atoms with Gasteiger partial charge in [0.05, 0.1) is 17.5 Å². The van der Waals surface area contributed by atoms with Gasteiger partial charge in [-0.2, -0.15) is 0 Å². The molecule has 0 fully saturated rings. The van der Waals surface area contributed by atoms with Crippen LogP contribution in [0.25, 0.3) is 0 Å². The largest absolute Gasteiger partial charge is 0.335 e. The lowest BCUT2D eigenvalue weighted by Gasteiger charge is -2.36. The molecule has 0 radical (unpaired) electrons. The van der Waals surface area contributed by atoms with Crippen molar-refractivity contribution in [1.82, 2.24) is 4.90 Å². The van der Waals surface area contributed by atoms with Crippen molar-refractivity contribution in [3.05, 3.63) is 64.4 Å². The number of halogens is 2. The molecule has 0 saturated heterocycles. The van der Waals surface area contributed by atoms with E-state index in [1.165, 1.54) is 25.1 Å². The second-order valence-electron chi connectivity index (χ2n) is 6.06. The number of amides is 2. The van der Waals surface area contributed by atoms with E-state index in [-0.39, 0.29) is 29.3 Å². The lowest BCUT2D eigenvalue weighted by molar-refractivity contribution is -0.132. The Balaban J connectivity index is 1.80. The van der Waals surface area contributed by atoms with Crippen LogP contribution in [0.15, 0.2) is 42.5 Å². The Labute approximate surface area is 150 Å². The minimum atomic E-state index is -0.538. The number of nitrogens with zero attached hydrogens (tertiary/aromatic N) is 1. The third-order valence-electron chi connectivity index (χ3n) is 4.40. The van der Waals surface area contributed by atoms with E-state index < -0.39 is 5.82 Å². The fraction of sp³-hybridized carbons (Fsp3) is 0.263. The van der Waals surface area contributed by atoms with Crippen LogP contribution in [0.5, 0.6) is 0 Å². The molecule has 0 aliphatic carbocycles. The number of nitrogens with one attached hydrogen (secondary N) is 1. The van der Waals surface area contributed by atoms with Crippen LogP contribution in [0, 0.1) is 5.82 Å². The van der Waals surface area contributed by atoms with Gasteiger partial charge in [-0.15, -0.1) is 0 Å². The number of benzene rings is 2. The quantitative estimate of drug-likeness (QED) is 0.900. The first-order chi connectivity index (χ1) is 12.0. The van der Waals surface area contributed by atoms with Crippen molar-refractivity contribution in [2.45, 2.75) is 25.8 Å². The van der Waals surface area contributed by atoms with Gasteiger partial charge in [-0.3, -0.25) is 9.59 Å². The van der Waals surface area contributed by atoms with E-state index in [2.05, 4.69) is 5.32 Å². The van der Waals surface area contributed by atoms with E-state index in [1.54, 1.807) is 4.90 Å². The maximum Gasteiger partial charge on any atom is 0.226 e. The van der Waals surface area contributed by atoms with Crippen LogP contribution in [0.1, 0.15) is 30.5 Å². The van der Waals surface area contributed by atoms with Crippen LogP contribution in [-0.2, 0) is 16.0 Å². The van der Waals surface area contributed by atoms with Crippen LogP contribution in [-0.4, -0.2) is 23.3 Å². The summed E-state index contributed by atoms with van der Waals surface area (Å²) in [4.78, 5) is 26.2. The highest BCUT2D eigenvalue weighted by atomic mass is 35.5. The smallest absolute Gasteiger partial charge is 0.226 e. The summed E-state index contributed by atoms with van der Waals surface area (Å²) in [5.74, 6) is -0.851. The summed E-state index contributed by atoms with van der Waals surface area (Å²) in [7, 11) is 0. The van der Waals surface area contributed by atoms with E-state index in [9.17, 15) is 14.0 Å². The maximum atomic E-state index is 13.2. The normalized spacial score (nSPS) is 16.3. The van der Waals surface area contributed by atoms with Gasteiger partial charge in [0, 0.05) is 19.2 Å². The summed E-state index contributed by atoms with van der Waals surface area (Å²) in [6.45, 7) is 2.10. The standard InChI is InChI=1S/C19H18ClFN2O2/c1-12(24)23-9-8-13-4-2-3-5-15(13)18(23)11-19(25)22-14-6-7-17(21)16(20)10-14/h2-7,10,18H,8-9,11H2,1H3,(H,22,25). The van der Waals surface area contributed by atoms with Gasteiger partial charge >= 0.3 is 0 Å². The Morgan fingerprint density at radius 2 is 2.04 bits per heavy atom. The molecular formula is C19H18ClFN2O2. The van der Waals surface area contributed by atoms with Gasteiger partial charge in [0.25, 0.3) is 0 Å². The highest BCUT2D eigenvalue weighted by molar-refractivity contribution is 6.31. The van der Waals surface area contributed by atoms with Gasteiger partial charge in [-0.25, -0.2) is 4.39 Å². The Morgan fingerprint density at radius 1 is 1.28 bits per heavy atom. The third-order valence-corrected chi connectivity index (χ3v) is 4.69. The molecule has 2 aromatic carbocycles. The first kappa shape index (κ1) is 17.4. The molecule has 25 heavy (non-hydrogen) atoms. The van der Waals surface area contributed by atoms with Crippen molar-refractivity contribution in [2.75, 3.05) is 11.9 Å². The Bertz CT molecular complexity index is 825. The molecule has 1 aliphatic heterocycles. The molecule has 0 bridgehead atoms. The Morgan fingerprint density at radius 3 is 2.76 bits per heavy atom. The molecule has 1 heterocycles. The van der Waals surface area contributed by atoms with E-state index in [4.69, 9.17) is 11.6 Å². The second-order valence-corrected chi connectivity index (χ2v) is 6.47. The van der Waals surface area contributed by atoms with Crippen LogP contribution >= 0.6 is 11.6 Å². The molecule has 2 amide bonds. The van der Waals surface area contributed by atoms with Crippen molar-refractivity contribution < 1.29 is 14.0 Å². The molecule has 1 N–H and O–H groups in total. The second kappa shape index (κ2) is 7.23. The fourth-order valence-electron chi connectivity index (χ4n) is 3.21. The molecule has 1 unspecified atom stereocenters. The van der Waals surface area contributed by atoms with Crippen molar-refractivity contribution >= 4 is 29.1 Å². The number of hydrogen-bond donors (Lipinski definition) is 1. The van der Waals surface area contributed by atoms with Crippen molar-refractivity contribution in [2.24, 2.45) is 0 Å². The van der Waals surface area contributed by atoms with Gasteiger partial charge in [-0.05, 0) is 35.7 Å². The number of hydrogen-bond acceptors (Lipinski definition) is 2. The minimum Gasteiger partial charge on any atom is -0.335 e. The van der Waals surface area contributed by atoms with Crippen LogP contribution in [0.4, 0.5) is 10.1 Å². The predicted octanol–water partition coefficient (Wildman–Crippen LogP) is 3.95. The first-order valence-corrected chi connectivity index (χ1v) is 8.43. The van der Waals surface area contributed by atoms with Gasteiger partial charge in [0.2, 0.25) is 11.8 Å². The molecule has 4 nitrogen and oxygen atoms in total. The highest BCUT2D eigenvalue weighted by Gasteiger charge is 2.30. The maximum absolute atomic E-state index is 13.2. The summed E-state index contributed by atoms with van der Waals surface area (Å²) in [5.41, 5.74) is 2.58. The zero-order chi connectivity index (χ0) is 18.0. The molecule has 0 saturated carbocycles. The Hall–Kier alpha value is -2.40. The summed E-state index contributed by atoms with van der Waals surface area (Å²) in [5, 5.41) is 2.67. The summed E-state index contributed by atoms with van der Waals surface area (Å²) in [6, 6.07) is 11.6. The van der Waals surface area contributed by atoms with Gasteiger partial charge < -0.3 is 10.2 Å². The summed E-state index contributed by atoms with van der Waals surface area (Å²) in [6.07, 6.45) is 0.910. The van der Waals surface area contributed by atoms with Crippen molar-refractivity contribution in [3.63, 3.8) is 0 Å². The zero-order valence-corrected chi connectivity index (χ0v) is 14.5. The topological polar surface area (TPSA) is 49.4 Å². The van der Waals surface area contributed by atoms with Crippen LogP contribution < -0.4 is 5.32 Å². The molecule has 0 spiro atoms. The van der Waals surface area contributed by atoms with Gasteiger partial charge in [0.15, 0.2) is 0 Å². The molecule has 2 aromatic rings. The minimum absolute atomic E-state index is 0.0498. The third kappa shape index (κ3) is 3.82. The van der Waals surface area contributed by atoms with Crippen molar-refractivity contribution in [3.8, 4) is 0 Å². The van der Waals surface area contributed by atoms with Crippen LogP contribution in [0.2, 0.25) is 5.02 Å². The molecule has 0 aromatic heterocycles. The summed E-state index contributed by atoms with van der Waals surface area (Å²) >= 11 is 5.74. The number of carbonyl (C=O) groups excluding carboxylic acids is 2. The van der Waals surface area contributed by atoms with Crippen LogP contribution in [0.3, 0.4) is 0 Å². The zero-order valence-electron chi connectivity index (χ0n) is 13.8. The lowest BCUT2D eigenvalue weighted by Crippen LogP contribution is -2.40. The predicted molar refractivity (Wildman–Crippen MR) is 94.9 cm³/mol. The van der Waals surface area contributed by atoms with E-state index >= 15 is 0 Å². The SMILES string of the molecule is CC(=O)N1CCc2ccccc2C1CC(=O)Nc1ccc(F)c(Cl)c1. The Kier molecular flexibility index (Phi) is 5.04. The number of rotatable bonds is 3. The van der Waals surface area contributed by atoms with E-state index in [0.29, 0.717) is 12.2 Å². The average molecular weight is 361 g/mol. The fourth-order valence-corrected chi connectivity index (χ4v) is 3.39. The molecule has 1 atom stereocenters. The van der Waals surface area contributed by atoms with Gasteiger partial charge in [0.1, 0.15) is 5.82 Å².